The number of fused-ring (bicyclic) bond motifs is 6. The van der Waals surface area contributed by atoms with Crippen molar-refractivity contribution in [1.29, 1.82) is 0 Å². The van der Waals surface area contributed by atoms with Crippen molar-refractivity contribution in [2.24, 2.45) is 0 Å². The van der Waals surface area contributed by atoms with E-state index in [-0.39, 0.29) is 10.9 Å². The molecule has 8 heteroatoms. The molecule has 1 aromatic carbocycles. The van der Waals surface area contributed by atoms with Crippen molar-refractivity contribution >= 4 is 25.7 Å². The van der Waals surface area contributed by atoms with E-state index in [1.807, 2.05) is 0 Å². The summed E-state index contributed by atoms with van der Waals surface area (Å²) >= 11 is 1.22. The summed E-state index contributed by atoms with van der Waals surface area (Å²) in [5.41, 5.74) is 0.360. The van der Waals surface area contributed by atoms with Gasteiger partial charge in [-0.25, -0.2) is 0 Å². The zero-order valence-corrected chi connectivity index (χ0v) is 15.4. The predicted molar refractivity (Wildman–Crippen MR) is 94.4 cm³/mol. The maximum atomic E-state index is 12.1. The SMILES string of the molecule is O=C(SCCC[Si]12OCCN(CCO1)CCO2)c1ccccc1O. The van der Waals surface area contributed by atoms with Gasteiger partial charge in [-0.1, -0.05) is 23.9 Å². The van der Waals surface area contributed by atoms with E-state index in [0.29, 0.717) is 31.1 Å². The number of thioether (sulfide) groups is 1. The summed E-state index contributed by atoms with van der Waals surface area (Å²) in [5, 5.41) is 9.61. The van der Waals surface area contributed by atoms with E-state index >= 15 is 0 Å². The van der Waals surface area contributed by atoms with Crippen LogP contribution in [0, 0.1) is 0 Å². The molecular formula is C16H23NO5SSi. The van der Waals surface area contributed by atoms with Crippen LogP contribution >= 0.6 is 11.8 Å². The van der Waals surface area contributed by atoms with Gasteiger partial charge in [0.05, 0.1) is 25.4 Å². The Morgan fingerprint density at radius 2 is 1.75 bits per heavy atom. The van der Waals surface area contributed by atoms with Crippen LogP contribution in [0.2, 0.25) is 6.04 Å². The third-order valence-corrected chi connectivity index (χ3v) is 8.05. The van der Waals surface area contributed by atoms with E-state index in [9.17, 15) is 9.90 Å². The Balaban J connectivity index is 1.48. The van der Waals surface area contributed by atoms with E-state index < -0.39 is 8.80 Å². The zero-order chi connectivity index (χ0) is 16.8. The number of hydrogen-bond acceptors (Lipinski definition) is 7. The predicted octanol–water partition coefficient (Wildman–Crippen LogP) is 1.97. The van der Waals surface area contributed by atoms with Gasteiger partial charge in [0.2, 0.25) is 5.12 Å². The van der Waals surface area contributed by atoms with Crippen molar-refractivity contribution in [3.63, 3.8) is 0 Å². The van der Waals surface area contributed by atoms with Crippen LogP contribution < -0.4 is 0 Å². The lowest BCUT2D eigenvalue weighted by molar-refractivity contribution is -0.00829. The van der Waals surface area contributed by atoms with Crippen molar-refractivity contribution in [1.82, 2.24) is 4.90 Å². The molecule has 0 aromatic heterocycles. The molecule has 132 valence electrons. The molecule has 3 heterocycles. The summed E-state index contributed by atoms with van der Waals surface area (Å²) in [4.78, 5) is 14.4. The monoisotopic (exact) mass is 369 g/mol. The highest BCUT2D eigenvalue weighted by atomic mass is 32.2. The summed E-state index contributed by atoms with van der Waals surface area (Å²) in [6.07, 6.45) is 0.792. The van der Waals surface area contributed by atoms with Gasteiger partial charge in [0.15, 0.2) is 0 Å². The third kappa shape index (κ3) is 4.59. The van der Waals surface area contributed by atoms with Crippen LogP contribution in [0.15, 0.2) is 24.3 Å². The highest BCUT2D eigenvalue weighted by Crippen LogP contribution is 2.25. The Kier molecular flexibility index (Phi) is 6.31. The molecule has 6 nitrogen and oxygen atoms in total. The van der Waals surface area contributed by atoms with Gasteiger partial charge in [0, 0.05) is 31.4 Å². The quantitative estimate of drug-likeness (QED) is 0.629. The average molecular weight is 370 g/mol. The molecule has 0 unspecified atom stereocenters. The second-order valence-electron chi connectivity index (χ2n) is 5.83. The van der Waals surface area contributed by atoms with Crippen molar-refractivity contribution in [2.75, 3.05) is 45.2 Å². The first-order chi connectivity index (χ1) is 11.7. The van der Waals surface area contributed by atoms with Crippen molar-refractivity contribution in [3.8, 4) is 5.75 Å². The molecule has 3 saturated heterocycles. The minimum atomic E-state index is -2.59. The van der Waals surface area contributed by atoms with Crippen molar-refractivity contribution in [2.45, 2.75) is 12.5 Å². The summed E-state index contributed by atoms with van der Waals surface area (Å²) in [7, 11) is -2.59. The summed E-state index contributed by atoms with van der Waals surface area (Å²) in [6, 6.07) is 7.36. The third-order valence-electron chi connectivity index (χ3n) is 4.17. The van der Waals surface area contributed by atoms with E-state index in [2.05, 4.69) is 4.90 Å². The number of hydrogen-bond donors (Lipinski definition) is 1. The van der Waals surface area contributed by atoms with Gasteiger partial charge in [-0.15, -0.1) is 0 Å². The number of phenolic OH excluding ortho intramolecular Hbond substituents is 1. The van der Waals surface area contributed by atoms with Gasteiger partial charge < -0.3 is 18.4 Å². The minimum Gasteiger partial charge on any atom is -0.507 e. The van der Waals surface area contributed by atoms with Crippen LogP contribution in [0.5, 0.6) is 5.75 Å². The summed E-state index contributed by atoms with van der Waals surface area (Å²) < 4.78 is 17.9. The second kappa shape index (κ2) is 8.46. The lowest BCUT2D eigenvalue weighted by Gasteiger charge is -2.38. The highest BCUT2D eigenvalue weighted by molar-refractivity contribution is 8.14. The number of benzene rings is 1. The Morgan fingerprint density at radius 1 is 1.12 bits per heavy atom. The number of nitrogens with zero attached hydrogens (tertiary/aromatic N) is 1. The van der Waals surface area contributed by atoms with Gasteiger partial charge in [0.1, 0.15) is 5.75 Å². The Morgan fingerprint density at radius 3 is 2.38 bits per heavy atom. The maximum Gasteiger partial charge on any atom is 0.501 e. The number of phenols is 1. The number of para-hydroxylation sites is 1. The van der Waals surface area contributed by atoms with Crippen molar-refractivity contribution < 1.29 is 23.2 Å². The van der Waals surface area contributed by atoms with Gasteiger partial charge in [0.25, 0.3) is 0 Å². The molecule has 24 heavy (non-hydrogen) atoms. The molecule has 0 spiro atoms. The molecule has 0 saturated carbocycles. The molecule has 4 rings (SSSR count). The highest BCUT2D eigenvalue weighted by Gasteiger charge is 2.43. The molecule has 2 bridgehead atoms. The van der Waals surface area contributed by atoms with E-state index in [0.717, 1.165) is 32.1 Å². The number of carbonyl (C=O) groups is 1. The Bertz CT molecular complexity index is 547. The van der Waals surface area contributed by atoms with Crippen LogP contribution in [-0.4, -0.2) is 69.1 Å². The molecular weight excluding hydrogens is 346 g/mol. The van der Waals surface area contributed by atoms with E-state index in [1.165, 1.54) is 17.8 Å². The fourth-order valence-electron chi connectivity index (χ4n) is 2.85. The zero-order valence-electron chi connectivity index (χ0n) is 13.6. The lowest BCUT2D eigenvalue weighted by Crippen LogP contribution is -2.55. The Labute approximate surface area is 147 Å². The summed E-state index contributed by atoms with van der Waals surface area (Å²) in [5.74, 6) is 0.687. The van der Waals surface area contributed by atoms with E-state index in [1.54, 1.807) is 18.2 Å². The summed E-state index contributed by atoms with van der Waals surface area (Å²) in [6.45, 7) is 4.74. The maximum absolute atomic E-state index is 12.1. The molecule has 1 aromatic rings. The standard InChI is InChI=1S/C16H23NO5SSi/c18-15-5-2-1-4-14(15)16(19)23-12-3-13-24-20-9-6-17(7-10-21-24)8-11-22-24/h1-2,4-5,18H,3,6-13H2. The molecule has 3 fully saturated rings. The molecule has 3 aliphatic heterocycles. The van der Waals surface area contributed by atoms with Gasteiger partial charge in [-0.05, 0) is 18.6 Å². The normalized spacial score (nSPS) is 27.2. The van der Waals surface area contributed by atoms with Gasteiger partial charge in [-0.3, -0.25) is 9.69 Å². The smallest absolute Gasteiger partial charge is 0.501 e. The van der Waals surface area contributed by atoms with Crippen LogP contribution in [0.3, 0.4) is 0 Å². The topological polar surface area (TPSA) is 68.2 Å². The number of aromatic hydroxyl groups is 1. The first kappa shape index (κ1) is 17.9. The lowest BCUT2D eigenvalue weighted by atomic mass is 10.2. The molecule has 3 aliphatic rings. The van der Waals surface area contributed by atoms with Gasteiger partial charge >= 0.3 is 8.80 Å². The number of rotatable bonds is 5. The fraction of sp³-hybridized carbons (Fsp3) is 0.562. The fourth-order valence-corrected chi connectivity index (χ4v) is 6.40. The van der Waals surface area contributed by atoms with Crippen LogP contribution in [0.1, 0.15) is 16.8 Å². The van der Waals surface area contributed by atoms with Crippen LogP contribution in [0.4, 0.5) is 0 Å². The molecule has 0 radical (unpaired) electrons. The molecule has 1 N–H and O–H groups in total. The number of carbonyl (C=O) groups excluding carboxylic acids is 1. The second-order valence-corrected chi connectivity index (χ2v) is 9.63. The van der Waals surface area contributed by atoms with Crippen LogP contribution in [0.25, 0.3) is 0 Å². The minimum absolute atomic E-state index is 0.0301. The largest absolute Gasteiger partial charge is 0.507 e. The molecule has 0 aliphatic carbocycles. The first-order valence-corrected chi connectivity index (χ1v) is 11.2. The Hall–Kier alpha value is -0.903. The van der Waals surface area contributed by atoms with Crippen LogP contribution in [-0.2, 0) is 13.3 Å². The van der Waals surface area contributed by atoms with Gasteiger partial charge in [-0.2, -0.15) is 0 Å². The van der Waals surface area contributed by atoms with Crippen molar-refractivity contribution in [3.05, 3.63) is 29.8 Å². The average Bonchev–Trinajstić information content (AvgIpc) is 2.52. The molecule has 0 atom stereocenters. The molecule has 0 amide bonds. The first-order valence-electron chi connectivity index (χ1n) is 8.28. The van der Waals surface area contributed by atoms with E-state index in [4.69, 9.17) is 13.3 Å².